The molecule has 0 spiro atoms. The van der Waals surface area contributed by atoms with Crippen LogP contribution in [0.1, 0.15) is 12.0 Å². The summed E-state index contributed by atoms with van der Waals surface area (Å²) in [6.07, 6.45) is 2.87. The van der Waals surface area contributed by atoms with Crippen molar-refractivity contribution in [3.05, 3.63) is 23.8 Å². The van der Waals surface area contributed by atoms with E-state index in [1.54, 1.807) is 0 Å². The van der Waals surface area contributed by atoms with E-state index in [9.17, 15) is 0 Å². The van der Waals surface area contributed by atoms with Crippen LogP contribution in [0.5, 0.6) is 5.75 Å². The van der Waals surface area contributed by atoms with Crippen LogP contribution in [-0.4, -0.2) is 49.4 Å². The minimum absolute atomic E-state index is 0.0764. The molecule has 1 aromatic rings. The van der Waals surface area contributed by atoms with Gasteiger partial charge in [-0.05, 0) is 38.9 Å². The summed E-state index contributed by atoms with van der Waals surface area (Å²) in [4.78, 5) is 3.03. The predicted molar refractivity (Wildman–Crippen MR) is 79.4 cm³/mol. The van der Waals surface area contributed by atoms with Crippen molar-refractivity contribution < 1.29 is 9.94 Å². The summed E-state index contributed by atoms with van der Waals surface area (Å²) in [5.41, 5.74) is 6.38. The average molecular weight is 283 g/mol. The number of benzene rings is 1. The molecule has 106 valence electrons. The Bertz CT molecular complexity index is 436. The van der Waals surface area contributed by atoms with Crippen LogP contribution in [0.15, 0.2) is 28.3 Å². The predicted octanol–water partition coefficient (Wildman–Crippen LogP) is 1.83. The first-order valence-electron chi connectivity index (χ1n) is 6.02. The molecule has 0 atom stereocenters. The van der Waals surface area contributed by atoms with Gasteiger partial charge in [-0.3, -0.25) is 0 Å². The zero-order valence-electron chi connectivity index (χ0n) is 11.6. The minimum atomic E-state index is 0.0764. The van der Waals surface area contributed by atoms with Crippen LogP contribution in [0.4, 0.5) is 0 Å². The second-order valence-electron chi connectivity index (χ2n) is 4.32. The SMILES string of the molecule is CSc1cccc(OCCCN(C)C)c1/C(N)=N/O. The number of nitrogens with zero attached hydrogens (tertiary/aromatic N) is 2. The summed E-state index contributed by atoms with van der Waals surface area (Å²) in [7, 11) is 4.05. The normalized spacial score (nSPS) is 11.9. The summed E-state index contributed by atoms with van der Waals surface area (Å²) < 4.78 is 5.74. The van der Waals surface area contributed by atoms with E-state index in [0.717, 1.165) is 17.9 Å². The fraction of sp³-hybridized carbons (Fsp3) is 0.462. The number of ether oxygens (including phenoxy) is 1. The second-order valence-corrected chi connectivity index (χ2v) is 5.17. The van der Waals surface area contributed by atoms with Crippen molar-refractivity contribution in [3.63, 3.8) is 0 Å². The number of hydrogen-bond acceptors (Lipinski definition) is 5. The maximum atomic E-state index is 8.87. The Morgan fingerprint density at radius 3 is 2.79 bits per heavy atom. The fourth-order valence-electron chi connectivity index (χ4n) is 1.67. The van der Waals surface area contributed by atoms with E-state index in [4.69, 9.17) is 15.7 Å². The Balaban J connectivity index is 2.82. The average Bonchev–Trinajstić information content (AvgIpc) is 2.42. The lowest BCUT2D eigenvalue weighted by atomic mass is 10.2. The molecule has 6 heteroatoms. The van der Waals surface area contributed by atoms with Crippen molar-refractivity contribution in [3.8, 4) is 5.75 Å². The van der Waals surface area contributed by atoms with E-state index < -0.39 is 0 Å². The van der Waals surface area contributed by atoms with E-state index >= 15 is 0 Å². The summed E-state index contributed by atoms with van der Waals surface area (Å²) in [5, 5.41) is 11.9. The fourth-order valence-corrected chi connectivity index (χ4v) is 2.29. The van der Waals surface area contributed by atoms with E-state index in [-0.39, 0.29) is 5.84 Å². The van der Waals surface area contributed by atoms with Crippen LogP contribution in [0.25, 0.3) is 0 Å². The Labute approximate surface area is 118 Å². The summed E-state index contributed by atoms with van der Waals surface area (Å²) in [6, 6.07) is 5.66. The van der Waals surface area contributed by atoms with Crippen molar-refractivity contribution in [2.45, 2.75) is 11.3 Å². The van der Waals surface area contributed by atoms with Crippen molar-refractivity contribution in [2.75, 3.05) is 33.5 Å². The van der Waals surface area contributed by atoms with Gasteiger partial charge >= 0.3 is 0 Å². The molecule has 0 unspecified atom stereocenters. The van der Waals surface area contributed by atoms with Crippen LogP contribution in [0.3, 0.4) is 0 Å². The van der Waals surface area contributed by atoms with Crippen LogP contribution in [0.2, 0.25) is 0 Å². The van der Waals surface area contributed by atoms with Crippen LogP contribution < -0.4 is 10.5 Å². The molecule has 19 heavy (non-hydrogen) atoms. The lowest BCUT2D eigenvalue weighted by Crippen LogP contribution is -2.18. The maximum absolute atomic E-state index is 8.87. The minimum Gasteiger partial charge on any atom is -0.493 e. The van der Waals surface area contributed by atoms with Crippen LogP contribution in [0, 0.1) is 0 Å². The molecule has 3 N–H and O–H groups in total. The maximum Gasteiger partial charge on any atom is 0.174 e. The van der Waals surface area contributed by atoms with Gasteiger partial charge in [-0.1, -0.05) is 11.2 Å². The van der Waals surface area contributed by atoms with Gasteiger partial charge in [-0.2, -0.15) is 0 Å². The van der Waals surface area contributed by atoms with E-state index in [1.165, 1.54) is 11.8 Å². The molecule has 0 heterocycles. The molecule has 0 amide bonds. The van der Waals surface area contributed by atoms with Gasteiger partial charge in [-0.15, -0.1) is 11.8 Å². The molecule has 0 saturated heterocycles. The molecule has 1 rings (SSSR count). The molecule has 0 aliphatic heterocycles. The lowest BCUT2D eigenvalue weighted by Gasteiger charge is -2.14. The molecule has 0 bridgehead atoms. The van der Waals surface area contributed by atoms with Gasteiger partial charge in [0, 0.05) is 11.4 Å². The molecule has 0 aliphatic rings. The molecule has 0 saturated carbocycles. The number of rotatable bonds is 7. The number of thioether (sulfide) groups is 1. The molecule has 0 aromatic heterocycles. The topological polar surface area (TPSA) is 71.1 Å². The Hall–Kier alpha value is -1.40. The largest absolute Gasteiger partial charge is 0.493 e. The van der Waals surface area contributed by atoms with Crippen molar-refractivity contribution in [1.29, 1.82) is 0 Å². The monoisotopic (exact) mass is 283 g/mol. The van der Waals surface area contributed by atoms with E-state index in [1.807, 2.05) is 38.6 Å². The molecule has 0 radical (unpaired) electrons. The van der Waals surface area contributed by atoms with Gasteiger partial charge in [0.2, 0.25) is 0 Å². The van der Waals surface area contributed by atoms with Crippen LogP contribution >= 0.6 is 11.8 Å². The van der Waals surface area contributed by atoms with Gasteiger partial charge in [-0.25, -0.2) is 0 Å². The van der Waals surface area contributed by atoms with Gasteiger partial charge in [0.25, 0.3) is 0 Å². The zero-order valence-corrected chi connectivity index (χ0v) is 12.4. The van der Waals surface area contributed by atoms with Crippen molar-refractivity contribution in [1.82, 2.24) is 4.90 Å². The summed E-state index contributed by atoms with van der Waals surface area (Å²) >= 11 is 1.54. The smallest absolute Gasteiger partial charge is 0.174 e. The first kappa shape index (κ1) is 15.7. The Kier molecular flexibility index (Phi) is 6.52. The standard InChI is InChI=1S/C13H21N3O2S/c1-16(2)8-5-9-18-10-6-4-7-11(19-3)12(10)13(14)15-17/h4,6-7,17H,5,8-9H2,1-3H3,(H2,14,15). The molecular formula is C13H21N3O2S. The van der Waals surface area contributed by atoms with Crippen LogP contribution in [-0.2, 0) is 0 Å². The van der Waals surface area contributed by atoms with E-state index in [2.05, 4.69) is 10.1 Å². The van der Waals surface area contributed by atoms with Crippen molar-refractivity contribution in [2.24, 2.45) is 10.9 Å². The zero-order chi connectivity index (χ0) is 14.3. The second kappa shape index (κ2) is 7.91. The highest BCUT2D eigenvalue weighted by Gasteiger charge is 2.13. The Morgan fingerprint density at radius 1 is 1.47 bits per heavy atom. The Morgan fingerprint density at radius 2 is 2.21 bits per heavy atom. The first-order chi connectivity index (χ1) is 9.10. The number of nitrogens with two attached hydrogens (primary N) is 1. The molecule has 5 nitrogen and oxygen atoms in total. The summed E-state index contributed by atoms with van der Waals surface area (Å²) in [5.74, 6) is 0.730. The molecule has 0 fully saturated rings. The highest BCUT2D eigenvalue weighted by Crippen LogP contribution is 2.28. The molecular weight excluding hydrogens is 262 g/mol. The van der Waals surface area contributed by atoms with Crippen molar-refractivity contribution >= 4 is 17.6 Å². The van der Waals surface area contributed by atoms with Gasteiger partial charge in [0.1, 0.15) is 5.75 Å². The summed E-state index contributed by atoms with van der Waals surface area (Å²) in [6.45, 7) is 1.56. The highest BCUT2D eigenvalue weighted by molar-refractivity contribution is 7.98. The molecule has 1 aromatic carbocycles. The quantitative estimate of drug-likeness (QED) is 0.199. The molecule has 0 aliphatic carbocycles. The third-order valence-electron chi connectivity index (χ3n) is 2.58. The first-order valence-corrected chi connectivity index (χ1v) is 7.25. The highest BCUT2D eigenvalue weighted by atomic mass is 32.2. The van der Waals surface area contributed by atoms with Gasteiger partial charge in [0.15, 0.2) is 5.84 Å². The lowest BCUT2D eigenvalue weighted by molar-refractivity contribution is 0.280. The number of hydrogen-bond donors (Lipinski definition) is 2. The van der Waals surface area contributed by atoms with Gasteiger partial charge in [0.05, 0.1) is 12.2 Å². The van der Waals surface area contributed by atoms with Gasteiger partial charge < -0.3 is 20.6 Å². The number of oxime groups is 1. The number of amidine groups is 1. The third-order valence-corrected chi connectivity index (χ3v) is 3.36. The van der Waals surface area contributed by atoms with E-state index in [0.29, 0.717) is 17.9 Å². The third kappa shape index (κ3) is 4.65.